The van der Waals surface area contributed by atoms with Gasteiger partial charge in [-0.2, -0.15) is 11.3 Å². The molecular weight excluding hydrogens is 234 g/mol. The fraction of sp³-hybridized carbons (Fsp3) is 0.154. The first kappa shape index (κ1) is 11.8. The maximum absolute atomic E-state index is 11.4. The summed E-state index contributed by atoms with van der Waals surface area (Å²) in [5.41, 5.74) is 8.61. The maximum Gasteiger partial charge on any atom is 0.337 e. The van der Waals surface area contributed by atoms with E-state index in [1.54, 1.807) is 23.5 Å². The summed E-state index contributed by atoms with van der Waals surface area (Å²) in [5.74, 6) is -0.343. The maximum atomic E-state index is 11.4. The van der Waals surface area contributed by atoms with Crippen molar-refractivity contribution in [2.45, 2.75) is 6.04 Å². The molecule has 4 heteroatoms. The van der Waals surface area contributed by atoms with Crippen LogP contribution in [0.5, 0.6) is 0 Å². The third-order valence-corrected chi connectivity index (χ3v) is 3.27. The lowest BCUT2D eigenvalue weighted by Gasteiger charge is -2.11. The van der Waals surface area contributed by atoms with Crippen LogP contribution in [0, 0.1) is 0 Å². The van der Waals surface area contributed by atoms with Crippen molar-refractivity contribution in [2.24, 2.45) is 5.73 Å². The van der Waals surface area contributed by atoms with E-state index in [2.05, 4.69) is 4.74 Å². The molecule has 88 valence electrons. The standard InChI is InChI=1S/C13H13NO2S/c1-16-13(15)10-4-2-3-9(7-10)12(14)11-5-6-17-8-11/h2-8,12H,14H2,1H3/t12-/m1/s1. The number of hydrogen-bond acceptors (Lipinski definition) is 4. The van der Waals surface area contributed by atoms with Crippen molar-refractivity contribution < 1.29 is 9.53 Å². The summed E-state index contributed by atoms with van der Waals surface area (Å²) >= 11 is 1.61. The molecule has 3 nitrogen and oxygen atoms in total. The number of carbonyl (C=O) groups is 1. The number of carbonyl (C=O) groups excluding carboxylic acids is 1. The molecule has 0 fully saturated rings. The monoisotopic (exact) mass is 247 g/mol. The van der Waals surface area contributed by atoms with Crippen LogP contribution in [0.2, 0.25) is 0 Å². The van der Waals surface area contributed by atoms with Gasteiger partial charge in [0.05, 0.1) is 18.7 Å². The first-order valence-electron chi connectivity index (χ1n) is 5.18. The first-order valence-corrected chi connectivity index (χ1v) is 6.12. The molecule has 0 aliphatic carbocycles. The number of ether oxygens (including phenoxy) is 1. The third-order valence-electron chi connectivity index (χ3n) is 2.57. The third kappa shape index (κ3) is 2.54. The molecule has 0 unspecified atom stereocenters. The molecule has 1 aromatic heterocycles. The quantitative estimate of drug-likeness (QED) is 0.848. The number of thiophene rings is 1. The van der Waals surface area contributed by atoms with E-state index >= 15 is 0 Å². The number of rotatable bonds is 3. The zero-order valence-electron chi connectivity index (χ0n) is 9.42. The Bertz CT molecular complexity index is 508. The van der Waals surface area contributed by atoms with Gasteiger partial charge in [-0.1, -0.05) is 12.1 Å². The largest absolute Gasteiger partial charge is 0.465 e. The summed E-state index contributed by atoms with van der Waals surface area (Å²) in [6.07, 6.45) is 0. The molecule has 0 aliphatic rings. The van der Waals surface area contributed by atoms with Gasteiger partial charge >= 0.3 is 5.97 Å². The average Bonchev–Trinajstić information content (AvgIpc) is 2.91. The van der Waals surface area contributed by atoms with Crippen LogP contribution in [0.3, 0.4) is 0 Å². The van der Waals surface area contributed by atoms with Gasteiger partial charge in [-0.15, -0.1) is 0 Å². The topological polar surface area (TPSA) is 52.3 Å². The lowest BCUT2D eigenvalue weighted by Crippen LogP contribution is -2.12. The molecule has 2 rings (SSSR count). The second-order valence-electron chi connectivity index (χ2n) is 3.65. The molecule has 17 heavy (non-hydrogen) atoms. The van der Waals surface area contributed by atoms with Crippen molar-refractivity contribution in [3.63, 3.8) is 0 Å². The highest BCUT2D eigenvalue weighted by molar-refractivity contribution is 7.08. The fourth-order valence-electron chi connectivity index (χ4n) is 1.62. The number of nitrogens with two attached hydrogens (primary N) is 1. The van der Waals surface area contributed by atoms with Gasteiger partial charge in [0.1, 0.15) is 0 Å². The van der Waals surface area contributed by atoms with Gasteiger partial charge < -0.3 is 10.5 Å². The molecule has 2 N–H and O–H groups in total. The van der Waals surface area contributed by atoms with E-state index < -0.39 is 0 Å². The Morgan fingerprint density at radius 3 is 2.82 bits per heavy atom. The highest BCUT2D eigenvalue weighted by Crippen LogP contribution is 2.22. The summed E-state index contributed by atoms with van der Waals surface area (Å²) in [7, 11) is 1.37. The smallest absolute Gasteiger partial charge is 0.337 e. The highest BCUT2D eigenvalue weighted by atomic mass is 32.1. The van der Waals surface area contributed by atoms with E-state index in [1.807, 2.05) is 29.0 Å². The number of esters is 1. The number of methoxy groups -OCH3 is 1. The first-order chi connectivity index (χ1) is 8.22. The van der Waals surface area contributed by atoms with Crippen molar-refractivity contribution >= 4 is 17.3 Å². The summed E-state index contributed by atoms with van der Waals surface area (Å²) in [6.45, 7) is 0. The van der Waals surface area contributed by atoms with Crippen LogP contribution < -0.4 is 5.73 Å². The predicted molar refractivity (Wildman–Crippen MR) is 68.1 cm³/mol. The Labute approximate surface area is 104 Å². The van der Waals surface area contributed by atoms with Crippen LogP contribution in [0.4, 0.5) is 0 Å². The molecule has 0 radical (unpaired) electrons. The Morgan fingerprint density at radius 2 is 2.18 bits per heavy atom. The molecule has 0 saturated heterocycles. The van der Waals surface area contributed by atoms with E-state index in [-0.39, 0.29) is 12.0 Å². The Balaban J connectivity index is 2.30. The minimum atomic E-state index is -0.343. The Hall–Kier alpha value is -1.65. The normalized spacial score (nSPS) is 12.1. The lowest BCUT2D eigenvalue weighted by molar-refractivity contribution is 0.0600. The number of hydrogen-bond donors (Lipinski definition) is 1. The van der Waals surface area contributed by atoms with Crippen molar-refractivity contribution in [1.82, 2.24) is 0 Å². The van der Waals surface area contributed by atoms with Gasteiger partial charge in [0.25, 0.3) is 0 Å². The number of benzene rings is 1. The second kappa shape index (κ2) is 5.12. The molecular formula is C13H13NO2S. The van der Waals surface area contributed by atoms with Crippen LogP contribution in [0.1, 0.15) is 27.5 Å². The molecule has 0 bridgehead atoms. The van der Waals surface area contributed by atoms with Gasteiger partial charge in [0.2, 0.25) is 0 Å². The predicted octanol–water partition coefficient (Wildman–Crippen LogP) is 2.58. The summed E-state index contributed by atoms with van der Waals surface area (Å²) < 4.78 is 4.68. The summed E-state index contributed by atoms with van der Waals surface area (Å²) in [6, 6.07) is 9.00. The highest BCUT2D eigenvalue weighted by Gasteiger charge is 2.12. The van der Waals surface area contributed by atoms with Gasteiger partial charge in [0, 0.05) is 0 Å². The van der Waals surface area contributed by atoms with Gasteiger partial charge in [0.15, 0.2) is 0 Å². The molecule has 1 heterocycles. The van der Waals surface area contributed by atoms with E-state index in [1.165, 1.54) is 7.11 Å². The molecule has 0 saturated carbocycles. The van der Waals surface area contributed by atoms with E-state index in [9.17, 15) is 4.79 Å². The van der Waals surface area contributed by atoms with Crippen LogP contribution >= 0.6 is 11.3 Å². The van der Waals surface area contributed by atoms with Crippen molar-refractivity contribution in [1.29, 1.82) is 0 Å². The second-order valence-corrected chi connectivity index (χ2v) is 4.43. The Kier molecular flexibility index (Phi) is 3.56. The minimum absolute atomic E-state index is 0.203. The summed E-state index contributed by atoms with van der Waals surface area (Å²) in [5, 5.41) is 3.99. The van der Waals surface area contributed by atoms with Crippen molar-refractivity contribution in [3.05, 3.63) is 57.8 Å². The average molecular weight is 247 g/mol. The van der Waals surface area contributed by atoms with E-state index in [4.69, 9.17) is 5.73 Å². The Morgan fingerprint density at radius 1 is 1.35 bits per heavy atom. The van der Waals surface area contributed by atoms with Gasteiger partial charge in [-0.05, 0) is 40.1 Å². The molecule has 0 spiro atoms. The zero-order chi connectivity index (χ0) is 12.3. The van der Waals surface area contributed by atoms with E-state index in [0.29, 0.717) is 5.56 Å². The van der Waals surface area contributed by atoms with Gasteiger partial charge in [-0.25, -0.2) is 4.79 Å². The van der Waals surface area contributed by atoms with Crippen LogP contribution in [-0.2, 0) is 4.74 Å². The lowest BCUT2D eigenvalue weighted by atomic mass is 10.0. The van der Waals surface area contributed by atoms with E-state index in [0.717, 1.165) is 11.1 Å². The van der Waals surface area contributed by atoms with Crippen LogP contribution in [-0.4, -0.2) is 13.1 Å². The van der Waals surface area contributed by atoms with Crippen LogP contribution in [0.15, 0.2) is 41.1 Å². The zero-order valence-corrected chi connectivity index (χ0v) is 10.2. The SMILES string of the molecule is COC(=O)c1cccc([C@@H](N)c2ccsc2)c1. The van der Waals surface area contributed by atoms with Gasteiger partial charge in [-0.3, -0.25) is 0 Å². The van der Waals surface area contributed by atoms with Crippen molar-refractivity contribution in [3.8, 4) is 0 Å². The molecule has 0 aliphatic heterocycles. The van der Waals surface area contributed by atoms with Crippen molar-refractivity contribution in [2.75, 3.05) is 7.11 Å². The summed E-state index contributed by atoms with van der Waals surface area (Å²) in [4.78, 5) is 11.4. The molecule has 1 aromatic carbocycles. The van der Waals surface area contributed by atoms with Crippen LogP contribution in [0.25, 0.3) is 0 Å². The molecule has 2 aromatic rings. The molecule has 1 atom stereocenters. The minimum Gasteiger partial charge on any atom is -0.465 e. The fourth-order valence-corrected chi connectivity index (χ4v) is 2.32. The molecule has 0 amide bonds.